The molecule has 0 aromatic carbocycles. The number of methoxy groups -OCH3 is 1. The Morgan fingerprint density at radius 3 is 1.94 bits per heavy atom. The molecule has 0 amide bonds. The average Bonchev–Trinajstić information content (AvgIpc) is 2.13. The van der Waals surface area contributed by atoms with Crippen molar-refractivity contribution in [3.05, 3.63) is 0 Å². The van der Waals surface area contributed by atoms with Gasteiger partial charge in [-0.3, -0.25) is 0 Å². The van der Waals surface area contributed by atoms with E-state index in [2.05, 4.69) is 0 Å². The molecule has 0 atom stereocenters. The summed E-state index contributed by atoms with van der Waals surface area (Å²) in [6.45, 7) is 8.64. The van der Waals surface area contributed by atoms with Gasteiger partial charge in [0, 0.05) is 12.9 Å². The summed E-state index contributed by atoms with van der Waals surface area (Å²) in [5, 5.41) is 0. The van der Waals surface area contributed by atoms with E-state index in [0.29, 0.717) is 12.4 Å². The number of rotatable bonds is 8. The van der Waals surface area contributed by atoms with Crippen molar-refractivity contribution in [3.8, 4) is 0 Å². The lowest BCUT2D eigenvalue weighted by Gasteiger charge is -2.31. The Morgan fingerprint density at radius 2 is 1.53 bits per heavy atom. The van der Waals surface area contributed by atoms with Crippen molar-refractivity contribution in [1.82, 2.24) is 0 Å². The summed E-state index contributed by atoms with van der Waals surface area (Å²) in [7, 11) is 17.1. The van der Waals surface area contributed by atoms with Gasteiger partial charge < -0.3 is 9.47 Å². The van der Waals surface area contributed by atoms with Gasteiger partial charge in [0.2, 0.25) is 0 Å². The minimum Gasteiger partial charge on any atom is -0.376 e. The number of halogens is 3. The molecule has 0 aromatic heterocycles. The fraction of sp³-hybridized carbons (Fsp3) is 1.00. The molecule has 0 saturated carbocycles. The zero-order valence-corrected chi connectivity index (χ0v) is 14.3. The number of hydrogen-bond acceptors (Lipinski definition) is 2. The topological polar surface area (TPSA) is 18.5 Å². The first-order valence-corrected chi connectivity index (χ1v) is 9.84. The maximum atomic E-state index is 5.85. The molecular formula is C11H23Cl3O2S. The van der Waals surface area contributed by atoms with E-state index in [1.54, 1.807) is 7.11 Å². The van der Waals surface area contributed by atoms with Crippen LogP contribution in [0.4, 0.5) is 0 Å². The Bertz CT molecular complexity index is 227. The van der Waals surface area contributed by atoms with Crippen LogP contribution in [0.25, 0.3) is 0 Å². The van der Waals surface area contributed by atoms with Crippen molar-refractivity contribution < 1.29 is 9.47 Å². The molecule has 0 spiro atoms. The van der Waals surface area contributed by atoms with Crippen molar-refractivity contribution in [2.45, 2.75) is 51.7 Å². The summed E-state index contributed by atoms with van der Waals surface area (Å²) in [5.74, 6) is 0.623. The molecule has 0 aliphatic rings. The van der Waals surface area contributed by atoms with E-state index >= 15 is 0 Å². The Morgan fingerprint density at radius 1 is 1.00 bits per heavy atom. The fourth-order valence-electron chi connectivity index (χ4n) is 1.16. The number of ether oxygens (including phenoxy) is 2. The van der Waals surface area contributed by atoms with Crippen LogP contribution in [-0.2, 0) is 9.47 Å². The first kappa shape index (κ1) is 18.1. The molecular weight excluding hydrogens is 303 g/mol. The summed E-state index contributed by atoms with van der Waals surface area (Å²) in [5.41, 5.74) is -0.483. The second-order valence-electron chi connectivity index (χ2n) is 5.32. The molecule has 0 rings (SSSR count). The van der Waals surface area contributed by atoms with Crippen LogP contribution in [0.2, 0.25) is 0 Å². The molecule has 106 valence electrons. The van der Waals surface area contributed by atoms with Gasteiger partial charge in [-0.1, -0.05) is 0 Å². The van der Waals surface area contributed by atoms with Crippen molar-refractivity contribution >= 4 is 39.7 Å². The first-order chi connectivity index (χ1) is 7.47. The Hall–Kier alpha value is 1.14. The zero-order chi connectivity index (χ0) is 13.7. The predicted molar refractivity (Wildman–Crippen MR) is 80.4 cm³/mol. The third kappa shape index (κ3) is 10.7. The molecule has 0 saturated heterocycles. The van der Waals surface area contributed by atoms with E-state index < -0.39 is 7.67 Å². The SMILES string of the molecule is COC(C)(C)COC(C)(C)CCCS(Cl)(Cl)Cl. The van der Waals surface area contributed by atoms with Gasteiger partial charge in [-0.25, -0.2) is 0 Å². The van der Waals surface area contributed by atoms with E-state index in [-0.39, 0.29) is 11.2 Å². The second kappa shape index (κ2) is 7.06. The minimum atomic E-state index is -1.96. The molecule has 0 radical (unpaired) electrons. The third-order valence-corrected chi connectivity index (χ3v) is 4.66. The lowest BCUT2D eigenvalue weighted by Crippen LogP contribution is -2.35. The molecule has 2 nitrogen and oxygen atoms in total. The lowest BCUT2D eigenvalue weighted by atomic mass is 10.0. The Kier molecular flexibility index (Phi) is 7.54. The van der Waals surface area contributed by atoms with Gasteiger partial charge in [0.05, 0.1) is 17.8 Å². The smallest absolute Gasteiger partial charge is 0.0855 e. The maximum absolute atomic E-state index is 5.85. The van der Waals surface area contributed by atoms with Gasteiger partial charge in [0.15, 0.2) is 0 Å². The molecule has 0 heterocycles. The van der Waals surface area contributed by atoms with E-state index in [9.17, 15) is 0 Å². The highest BCUT2D eigenvalue weighted by atomic mass is 36.2. The van der Waals surface area contributed by atoms with E-state index in [1.165, 1.54) is 0 Å². The van der Waals surface area contributed by atoms with Crippen LogP contribution in [0.1, 0.15) is 40.5 Å². The maximum Gasteiger partial charge on any atom is 0.0855 e. The summed E-state index contributed by atoms with van der Waals surface area (Å²) >= 11 is 0. The minimum absolute atomic E-state index is 0.217. The molecule has 0 aliphatic heterocycles. The molecule has 0 N–H and O–H groups in total. The lowest BCUT2D eigenvalue weighted by molar-refractivity contribution is -0.108. The normalized spacial score (nSPS) is 15.1. The Balaban J connectivity index is 3.96. The molecule has 0 bridgehead atoms. The van der Waals surface area contributed by atoms with E-state index in [1.807, 2.05) is 27.7 Å². The van der Waals surface area contributed by atoms with Crippen molar-refractivity contribution in [2.75, 3.05) is 19.5 Å². The van der Waals surface area contributed by atoms with Crippen LogP contribution in [0.5, 0.6) is 0 Å². The summed E-state index contributed by atoms with van der Waals surface area (Å²) in [6, 6.07) is 0. The van der Waals surface area contributed by atoms with Gasteiger partial charge in [0.1, 0.15) is 0 Å². The van der Waals surface area contributed by atoms with E-state index in [4.69, 9.17) is 41.5 Å². The van der Waals surface area contributed by atoms with Crippen LogP contribution in [0, 0.1) is 0 Å². The van der Waals surface area contributed by atoms with Gasteiger partial charge in [-0.15, -0.1) is 0 Å². The highest BCUT2D eigenvalue weighted by Gasteiger charge is 2.25. The largest absolute Gasteiger partial charge is 0.376 e. The Labute approximate surface area is 120 Å². The zero-order valence-electron chi connectivity index (χ0n) is 11.2. The standard InChI is InChI=1S/C11H23Cl3O2S/c1-10(2,7-6-8-17(12,13)14)16-9-11(3,4)15-5/h6-9H2,1-5H3. The number of hydrogen-bond donors (Lipinski definition) is 0. The summed E-state index contributed by atoms with van der Waals surface area (Å²) in [6.07, 6.45) is 1.72. The summed E-state index contributed by atoms with van der Waals surface area (Å²) < 4.78 is 11.2. The molecule has 0 unspecified atom stereocenters. The highest BCUT2D eigenvalue weighted by Crippen LogP contribution is 2.63. The van der Waals surface area contributed by atoms with Gasteiger partial charge >= 0.3 is 0 Å². The van der Waals surface area contributed by atoms with Crippen molar-refractivity contribution in [3.63, 3.8) is 0 Å². The fourth-order valence-corrected chi connectivity index (χ4v) is 2.62. The van der Waals surface area contributed by atoms with Crippen LogP contribution < -0.4 is 0 Å². The predicted octanol–water partition coefficient (Wildman–Crippen LogP) is 5.25. The van der Waals surface area contributed by atoms with Crippen LogP contribution >= 0.6 is 39.7 Å². The van der Waals surface area contributed by atoms with E-state index in [0.717, 1.165) is 12.8 Å². The molecule has 17 heavy (non-hydrogen) atoms. The van der Waals surface area contributed by atoms with Gasteiger partial charge in [-0.05, 0) is 80.3 Å². The van der Waals surface area contributed by atoms with Crippen molar-refractivity contribution in [1.29, 1.82) is 0 Å². The van der Waals surface area contributed by atoms with Crippen molar-refractivity contribution in [2.24, 2.45) is 0 Å². The summed E-state index contributed by atoms with van der Waals surface area (Å²) in [4.78, 5) is 0. The third-order valence-electron chi connectivity index (χ3n) is 2.52. The second-order valence-corrected chi connectivity index (χ2v) is 12.9. The molecule has 0 fully saturated rings. The van der Waals surface area contributed by atoms with Crippen LogP contribution in [0.15, 0.2) is 0 Å². The average molecular weight is 326 g/mol. The highest BCUT2D eigenvalue weighted by molar-refractivity contribution is 8.79. The van der Waals surface area contributed by atoms with Gasteiger partial charge in [0.25, 0.3) is 0 Å². The van der Waals surface area contributed by atoms with Gasteiger partial charge in [-0.2, -0.15) is 0 Å². The van der Waals surface area contributed by atoms with Crippen LogP contribution in [0.3, 0.4) is 0 Å². The first-order valence-electron chi connectivity index (χ1n) is 5.56. The quantitative estimate of drug-likeness (QED) is 0.606. The van der Waals surface area contributed by atoms with Crippen LogP contribution in [-0.4, -0.2) is 30.7 Å². The molecule has 0 aromatic rings. The molecule has 6 heteroatoms. The monoisotopic (exact) mass is 324 g/mol. The molecule has 0 aliphatic carbocycles.